The Balaban J connectivity index is 1.07. The molecule has 2 saturated heterocycles. The molecule has 0 atom stereocenters. The molecule has 4 aromatic rings. The smallest absolute Gasteiger partial charge is 0.245 e. The summed E-state index contributed by atoms with van der Waals surface area (Å²) in [6.45, 7) is 8.58. The Labute approximate surface area is 210 Å². The molecule has 7 heteroatoms. The number of nitrogens with one attached hydrogen (secondary N) is 1. The van der Waals surface area contributed by atoms with Gasteiger partial charge in [0.1, 0.15) is 0 Å². The number of H-pyrrole nitrogens is 1. The lowest BCUT2D eigenvalue weighted by Gasteiger charge is -2.60. The number of hydrogen-bond donors (Lipinski definition) is 1. The fourth-order valence-electron chi connectivity index (χ4n) is 5.50. The van der Waals surface area contributed by atoms with Crippen molar-refractivity contribution in [2.24, 2.45) is 12.5 Å². The molecule has 0 bridgehead atoms. The van der Waals surface area contributed by atoms with E-state index in [1.54, 1.807) is 4.68 Å². The highest BCUT2D eigenvalue weighted by Gasteiger charge is 2.52. The third kappa shape index (κ3) is 4.27. The molecular weight excluding hydrogens is 448 g/mol. The van der Waals surface area contributed by atoms with Crippen LogP contribution in [0, 0.1) is 5.41 Å². The molecule has 182 valence electrons. The minimum atomic E-state index is 0.0588. The normalized spacial score (nSPS) is 17.0. The van der Waals surface area contributed by atoms with E-state index in [2.05, 4.69) is 69.2 Å². The van der Waals surface area contributed by atoms with Crippen LogP contribution >= 0.6 is 0 Å². The van der Waals surface area contributed by atoms with E-state index in [0.29, 0.717) is 5.41 Å². The van der Waals surface area contributed by atoms with Gasteiger partial charge in [-0.3, -0.25) is 14.6 Å². The molecule has 2 aliphatic rings. The van der Waals surface area contributed by atoms with Gasteiger partial charge in [0.2, 0.25) is 5.91 Å². The highest BCUT2D eigenvalue weighted by atomic mass is 16.2. The molecule has 1 spiro atoms. The summed E-state index contributed by atoms with van der Waals surface area (Å²) < 4.78 is 1.79. The van der Waals surface area contributed by atoms with Gasteiger partial charge in [-0.25, -0.2) is 0 Å². The summed E-state index contributed by atoms with van der Waals surface area (Å²) >= 11 is 0. The minimum absolute atomic E-state index is 0.0588. The van der Waals surface area contributed by atoms with Crippen LogP contribution in [0.15, 0.2) is 67.5 Å². The van der Waals surface area contributed by atoms with Crippen LogP contribution in [0.3, 0.4) is 0 Å². The van der Waals surface area contributed by atoms with Gasteiger partial charge < -0.3 is 9.80 Å². The molecule has 0 aliphatic carbocycles. The molecule has 2 fully saturated rings. The number of aromatic amines is 1. The predicted molar refractivity (Wildman–Crippen MR) is 143 cm³/mol. The first-order valence-electron chi connectivity index (χ1n) is 12.4. The van der Waals surface area contributed by atoms with E-state index in [-0.39, 0.29) is 5.91 Å². The van der Waals surface area contributed by atoms with Gasteiger partial charge in [-0.05, 0) is 53.5 Å². The molecule has 1 N–H and O–H groups in total. The predicted octanol–water partition coefficient (Wildman–Crippen LogP) is 4.01. The van der Waals surface area contributed by atoms with Crippen LogP contribution in [0.4, 0.5) is 0 Å². The Bertz CT molecular complexity index is 1450. The summed E-state index contributed by atoms with van der Waals surface area (Å²) in [5, 5.41) is 12.9. The largest absolute Gasteiger partial charge is 0.338 e. The van der Waals surface area contributed by atoms with E-state index in [1.807, 2.05) is 36.5 Å². The second kappa shape index (κ2) is 8.91. The van der Waals surface area contributed by atoms with Crippen LogP contribution in [0.25, 0.3) is 34.2 Å². The van der Waals surface area contributed by atoms with Crippen molar-refractivity contribution < 1.29 is 4.79 Å². The number of rotatable bonds is 7. The Kier molecular flexibility index (Phi) is 5.57. The van der Waals surface area contributed by atoms with Crippen LogP contribution in [-0.4, -0.2) is 68.4 Å². The maximum absolute atomic E-state index is 11.7. The van der Waals surface area contributed by atoms with Crippen molar-refractivity contribution in [1.82, 2.24) is 29.8 Å². The van der Waals surface area contributed by atoms with Gasteiger partial charge in [0.15, 0.2) is 0 Å². The molecule has 2 aromatic carbocycles. The van der Waals surface area contributed by atoms with E-state index >= 15 is 0 Å². The van der Waals surface area contributed by atoms with E-state index in [1.165, 1.54) is 22.8 Å². The number of aryl methyl sites for hydroxylation is 1. The van der Waals surface area contributed by atoms with Gasteiger partial charge in [0.05, 0.1) is 17.4 Å². The van der Waals surface area contributed by atoms with Crippen LogP contribution in [0.2, 0.25) is 0 Å². The summed E-state index contributed by atoms with van der Waals surface area (Å²) in [7, 11) is 1.91. The number of hydrogen-bond acceptors (Lipinski definition) is 4. The summed E-state index contributed by atoms with van der Waals surface area (Å²) in [5.41, 5.74) is 7.06. The second-order valence-electron chi connectivity index (χ2n) is 10.2. The summed E-state index contributed by atoms with van der Waals surface area (Å²) in [6, 6.07) is 15.3. The molecule has 1 amide bonds. The molecule has 2 aliphatic heterocycles. The molecule has 0 unspecified atom stereocenters. The molecule has 36 heavy (non-hydrogen) atoms. The standard InChI is InChI=1S/C29H30N6O/c1-3-28(36)35-19-29(20-35)17-34(18-29)13-12-21-4-7-23(8-5-21)24-9-11-27-25(14-24)26(31-32-27)10-6-22-15-30-33(2)16-22/h3-11,14-16H,1,12-13,17-20H2,2H3,(H,31,32)/b10-6+. The molecular formula is C29H30N6O. The first-order chi connectivity index (χ1) is 17.5. The molecule has 4 heterocycles. The van der Waals surface area contributed by atoms with Gasteiger partial charge >= 0.3 is 0 Å². The fraction of sp³-hybridized carbons (Fsp3) is 0.276. The highest BCUT2D eigenvalue weighted by molar-refractivity contribution is 5.92. The van der Waals surface area contributed by atoms with Gasteiger partial charge in [0.25, 0.3) is 0 Å². The van der Waals surface area contributed by atoms with Crippen molar-refractivity contribution in [2.45, 2.75) is 6.42 Å². The first kappa shape index (κ1) is 22.5. The van der Waals surface area contributed by atoms with Gasteiger partial charge in [0, 0.05) is 62.3 Å². The molecule has 0 saturated carbocycles. The monoisotopic (exact) mass is 478 g/mol. The number of likely N-dealkylation sites (tertiary alicyclic amines) is 2. The third-order valence-electron chi connectivity index (χ3n) is 7.41. The van der Waals surface area contributed by atoms with Crippen molar-refractivity contribution in [1.29, 1.82) is 0 Å². The third-order valence-corrected chi connectivity index (χ3v) is 7.41. The zero-order valence-corrected chi connectivity index (χ0v) is 20.5. The molecule has 6 rings (SSSR count). The lowest BCUT2D eigenvalue weighted by Crippen LogP contribution is -2.72. The van der Waals surface area contributed by atoms with E-state index in [0.717, 1.165) is 61.3 Å². The lowest BCUT2D eigenvalue weighted by molar-refractivity contribution is -0.153. The Morgan fingerprint density at radius 1 is 1.08 bits per heavy atom. The summed E-state index contributed by atoms with van der Waals surface area (Å²) in [6.07, 6.45) is 10.3. The van der Waals surface area contributed by atoms with Crippen molar-refractivity contribution in [3.05, 3.63) is 84.3 Å². The fourth-order valence-corrected chi connectivity index (χ4v) is 5.50. The number of aromatic nitrogens is 4. The average molecular weight is 479 g/mol. The van der Waals surface area contributed by atoms with Crippen molar-refractivity contribution in [2.75, 3.05) is 32.7 Å². The molecule has 7 nitrogen and oxygen atoms in total. The van der Waals surface area contributed by atoms with Crippen molar-refractivity contribution in [3.63, 3.8) is 0 Å². The highest BCUT2D eigenvalue weighted by Crippen LogP contribution is 2.39. The molecule has 2 aromatic heterocycles. The van der Waals surface area contributed by atoms with Crippen molar-refractivity contribution >= 4 is 29.0 Å². The quantitative estimate of drug-likeness (QED) is 0.408. The van der Waals surface area contributed by atoms with Crippen LogP contribution in [0.5, 0.6) is 0 Å². The number of carbonyl (C=O) groups is 1. The summed E-state index contributed by atoms with van der Waals surface area (Å²) in [5.74, 6) is 0.0588. The lowest BCUT2D eigenvalue weighted by atomic mass is 9.72. The zero-order valence-electron chi connectivity index (χ0n) is 20.5. The number of fused-ring (bicyclic) bond motifs is 1. The topological polar surface area (TPSA) is 70.1 Å². The second-order valence-corrected chi connectivity index (χ2v) is 10.2. The van der Waals surface area contributed by atoms with Crippen LogP contribution in [-0.2, 0) is 18.3 Å². The Hall–Kier alpha value is -3.97. The minimum Gasteiger partial charge on any atom is -0.338 e. The number of carbonyl (C=O) groups excluding carboxylic acids is 1. The number of amides is 1. The van der Waals surface area contributed by atoms with E-state index in [4.69, 9.17) is 0 Å². The SMILES string of the molecule is C=CC(=O)N1CC2(CN(CCc3ccc(-c4ccc5[nH]nc(/C=C/c6cnn(C)c6)c5c4)cc3)C2)C1. The van der Waals surface area contributed by atoms with Crippen LogP contribution in [0.1, 0.15) is 16.8 Å². The number of nitrogens with zero attached hydrogens (tertiary/aromatic N) is 5. The Morgan fingerprint density at radius 2 is 1.86 bits per heavy atom. The van der Waals surface area contributed by atoms with Gasteiger partial charge in [-0.1, -0.05) is 36.9 Å². The van der Waals surface area contributed by atoms with Crippen molar-refractivity contribution in [3.8, 4) is 11.1 Å². The van der Waals surface area contributed by atoms with E-state index < -0.39 is 0 Å². The molecule has 0 radical (unpaired) electrons. The maximum Gasteiger partial charge on any atom is 0.245 e. The van der Waals surface area contributed by atoms with Gasteiger partial charge in [-0.15, -0.1) is 0 Å². The van der Waals surface area contributed by atoms with Gasteiger partial charge in [-0.2, -0.15) is 10.2 Å². The first-order valence-corrected chi connectivity index (χ1v) is 12.4. The Morgan fingerprint density at radius 3 is 2.58 bits per heavy atom. The summed E-state index contributed by atoms with van der Waals surface area (Å²) in [4.78, 5) is 16.1. The van der Waals surface area contributed by atoms with E-state index in [9.17, 15) is 4.79 Å². The number of benzene rings is 2. The average Bonchev–Trinajstić information content (AvgIpc) is 3.45. The zero-order chi connectivity index (χ0) is 24.7. The van der Waals surface area contributed by atoms with Crippen LogP contribution < -0.4 is 0 Å². The maximum atomic E-state index is 11.7.